The highest BCUT2D eigenvalue weighted by atomic mass is 16.5. The molecule has 0 aromatic rings. The van der Waals surface area contributed by atoms with Crippen molar-refractivity contribution in [1.82, 2.24) is 4.90 Å². The van der Waals surface area contributed by atoms with Crippen LogP contribution in [-0.2, 0) is 14.3 Å². The summed E-state index contributed by atoms with van der Waals surface area (Å²) in [5.74, 6) is 0.761. The number of likely N-dealkylation sites (tertiary alicyclic amines) is 1. The van der Waals surface area contributed by atoms with Crippen LogP contribution in [0.5, 0.6) is 0 Å². The number of aliphatic hydroxyl groups excluding tert-OH is 1. The molecule has 6 rings (SSSR count). The molecule has 0 aromatic heterocycles. The number of ether oxygens (including phenoxy) is 1. The summed E-state index contributed by atoms with van der Waals surface area (Å²) >= 11 is 0. The van der Waals surface area contributed by atoms with Crippen LogP contribution in [0.4, 0.5) is 0 Å². The van der Waals surface area contributed by atoms with Crippen molar-refractivity contribution in [2.45, 2.75) is 97.2 Å². The fourth-order valence-electron chi connectivity index (χ4n) is 11.2. The van der Waals surface area contributed by atoms with Gasteiger partial charge in [0.25, 0.3) is 0 Å². The Morgan fingerprint density at radius 2 is 1.97 bits per heavy atom. The molecule has 0 amide bonds. The number of carbonyl (C=O) groups excluding carboxylic acids is 1. The highest BCUT2D eigenvalue weighted by molar-refractivity contribution is 5.90. The molecule has 0 radical (unpaired) electrons. The van der Waals surface area contributed by atoms with Crippen LogP contribution >= 0.6 is 0 Å². The van der Waals surface area contributed by atoms with Gasteiger partial charge in [0, 0.05) is 18.6 Å². The first kappa shape index (κ1) is 27.0. The van der Waals surface area contributed by atoms with Gasteiger partial charge in [0.05, 0.1) is 17.6 Å². The number of piperidine rings is 1. The van der Waals surface area contributed by atoms with Crippen molar-refractivity contribution in [3.05, 3.63) is 11.6 Å². The lowest BCUT2D eigenvalue weighted by molar-refractivity contribution is -0.197. The molecular formula is C32H49NO5. The molecule has 2 aliphatic heterocycles. The third-order valence-corrected chi connectivity index (χ3v) is 12.6. The smallest absolute Gasteiger partial charge is 0.315 e. The summed E-state index contributed by atoms with van der Waals surface area (Å²) in [4.78, 5) is 29.8. The van der Waals surface area contributed by atoms with E-state index in [9.17, 15) is 19.8 Å². The zero-order chi connectivity index (χ0) is 26.9. The minimum Gasteiger partial charge on any atom is -0.481 e. The summed E-state index contributed by atoms with van der Waals surface area (Å²) in [6.07, 6.45) is 13.2. The van der Waals surface area contributed by atoms with E-state index in [0.29, 0.717) is 24.2 Å². The quantitative estimate of drug-likeness (QED) is 0.326. The molecule has 0 spiro atoms. The average Bonchev–Trinajstić information content (AvgIpc) is 3.61. The van der Waals surface area contributed by atoms with Crippen LogP contribution in [0.3, 0.4) is 0 Å². The van der Waals surface area contributed by atoms with Gasteiger partial charge < -0.3 is 24.6 Å². The van der Waals surface area contributed by atoms with E-state index in [4.69, 9.17) is 4.74 Å². The van der Waals surface area contributed by atoms with Crippen molar-refractivity contribution in [3.63, 3.8) is 0 Å². The number of aliphatic hydroxyl groups is 1. The Labute approximate surface area is 228 Å². The number of allylic oxidation sites excluding steroid dienone is 1. The second-order valence-corrected chi connectivity index (χ2v) is 14.3. The molecule has 2 N–H and O–H groups in total. The number of fused-ring (bicyclic) bond motifs is 2. The fraction of sp³-hybridized carbons (Fsp3) is 0.875. The molecule has 7 unspecified atom stereocenters. The Bertz CT molecular complexity index is 973. The summed E-state index contributed by atoms with van der Waals surface area (Å²) in [6, 6.07) is 0. The van der Waals surface area contributed by atoms with E-state index in [0.717, 1.165) is 70.0 Å². The summed E-state index contributed by atoms with van der Waals surface area (Å²) in [5.41, 5.74) is -1.56. The largest absolute Gasteiger partial charge is 0.481 e. The standard InChI is InChI=1S/C32H49NO5/c1-20(2)26-15-23-16-30(19-35)25-10-9-21(3)24(25)17-31(23,32(26,30)29(36)37)28-14-22(8-7-13-34)27(38-28)18-33-11-5-4-6-12-33/h15,19-25,27-28,34H,4-14,16-18H2,1-3H3,(H,36,37)/t21-,22?,23?,24-,25-,27?,28?,30?,31?,32?/m1/s1. The number of carboxylic acids is 1. The molecule has 6 aliphatic rings. The van der Waals surface area contributed by atoms with E-state index in [-0.39, 0.29) is 36.6 Å². The summed E-state index contributed by atoms with van der Waals surface area (Å²) in [6.45, 7) is 9.86. The summed E-state index contributed by atoms with van der Waals surface area (Å²) < 4.78 is 7.16. The third kappa shape index (κ3) is 3.35. The molecule has 38 heavy (non-hydrogen) atoms. The lowest BCUT2D eigenvalue weighted by Crippen LogP contribution is -2.65. The maximum Gasteiger partial charge on any atom is 0.315 e. The van der Waals surface area contributed by atoms with Crippen LogP contribution < -0.4 is 0 Å². The van der Waals surface area contributed by atoms with E-state index < -0.39 is 22.2 Å². The minimum atomic E-state index is -1.17. The van der Waals surface area contributed by atoms with Gasteiger partial charge >= 0.3 is 5.97 Å². The number of hydrogen-bond acceptors (Lipinski definition) is 5. The number of nitrogens with zero attached hydrogens (tertiary/aromatic N) is 1. The van der Waals surface area contributed by atoms with Gasteiger partial charge in [-0.2, -0.15) is 0 Å². The first-order valence-corrected chi connectivity index (χ1v) is 15.7. The van der Waals surface area contributed by atoms with Crippen LogP contribution in [0.25, 0.3) is 0 Å². The Balaban J connectivity index is 1.44. The van der Waals surface area contributed by atoms with E-state index in [2.05, 4.69) is 31.7 Å². The lowest BCUT2D eigenvalue weighted by Gasteiger charge is -2.60. The lowest BCUT2D eigenvalue weighted by atomic mass is 9.41. The van der Waals surface area contributed by atoms with E-state index in [1.54, 1.807) is 0 Å². The average molecular weight is 528 g/mol. The Morgan fingerprint density at radius 1 is 1.21 bits per heavy atom. The normalized spacial score (nSPS) is 47.9. The van der Waals surface area contributed by atoms with Crippen LogP contribution in [0, 0.1) is 51.8 Å². The molecule has 4 bridgehead atoms. The van der Waals surface area contributed by atoms with Crippen molar-refractivity contribution in [2.75, 3.05) is 26.2 Å². The molecule has 0 aromatic carbocycles. The van der Waals surface area contributed by atoms with Crippen molar-refractivity contribution in [3.8, 4) is 0 Å². The van der Waals surface area contributed by atoms with Gasteiger partial charge in [0.15, 0.2) is 0 Å². The molecule has 212 valence electrons. The summed E-state index contributed by atoms with van der Waals surface area (Å²) in [5, 5.41) is 21.0. The predicted octanol–water partition coefficient (Wildman–Crippen LogP) is 4.94. The summed E-state index contributed by atoms with van der Waals surface area (Å²) in [7, 11) is 0. The van der Waals surface area contributed by atoms with Gasteiger partial charge in [-0.3, -0.25) is 4.79 Å². The molecule has 6 heteroatoms. The Morgan fingerprint density at radius 3 is 2.63 bits per heavy atom. The number of carbonyl (C=O) groups is 2. The van der Waals surface area contributed by atoms with Crippen LogP contribution in [0.2, 0.25) is 0 Å². The zero-order valence-electron chi connectivity index (χ0n) is 23.7. The SMILES string of the molecule is CC(C)C1=CC2CC3(C=O)[C@@H]4CC[C@@H](C)[C@H]4CC2(C2CC(CCCO)C(CN4CCCCC4)O2)C13C(=O)O. The van der Waals surface area contributed by atoms with Gasteiger partial charge in [0.2, 0.25) is 0 Å². The Kier molecular flexibility index (Phi) is 6.88. The fourth-order valence-corrected chi connectivity index (χ4v) is 11.2. The van der Waals surface area contributed by atoms with Crippen LogP contribution in [0.15, 0.2) is 11.6 Å². The van der Waals surface area contributed by atoms with Gasteiger partial charge in [0.1, 0.15) is 11.7 Å². The van der Waals surface area contributed by atoms with Crippen molar-refractivity contribution < 1.29 is 24.5 Å². The maximum absolute atomic E-state index is 13.9. The topological polar surface area (TPSA) is 87.1 Å². The first-order valence-electron chi connectivity index (χ1n) is 15.7. The van der Waals surface area contributed by atoms with Crippen molar-refractivity contribution in [1.29, 1.82) is 0 Å². The molecule has 4 aliphatic carbocycles. The van der Waals surface area contributed by atoms with E-state index in [1.807, 2.05) is 0 Å². The van der Waals surface area contributed by atoms with Crippen molar-refractivity contribution >= 4 is 12.3 Å². The van der Waals surface area contributed by atoms with Gasteiger partial charge in [-0.05, 0) is 100.0 Å². The molecular weight excluding hydrogens is 478 g/mol. The number of rotatable bonds is 9. The Hall–Kier alpha value is -1.24. The number of aliphatic carboxylic acids is 1. The molecule has 3 saturated carbocycles. The number of aldehydes is 1. The zero-order valence-corrected chi connectivity index (χ0v) is 23.7. The van der Waals surface area contributed by atoms with E-state index in [1.165, 1.54) is 19.3 Å². The molecule has 5 fully saturated rings. The van der Waals surface area contributed by atoms with Gasteiger partial charge in [-0.1, -0.05) is 45.3 Å². The maximum atomic E-state index is 13.9. The highest BCUT2D eigenvalue weighted by Crippen LogP contribution is 2.84. The predicted molar refractivity (Wildman–Crippen MR) is 145 cm³/mol. The molecule has 2 saturated heterocycles. The van der Waals surface area contributed by atoms with E-state index >= 15 is 0 Å². The number of hydrogen-bond donors (Lipinski definition) is 2. The molecule has 2 heterocycles. The molecule has 10 atom stereocenters. The highest BCUT2D eigenvalue weighted by Gasteiger charge is 2.86. The van der Waals surface area contributed by atoms with Gasteiger partial charge in [-0.25, -0.2) is 0 Å². The second kappa shape index (κ2) is 9.69. The van der Waals surface area contributed by atoms with Crippen LogP contribution in [-0.4, -0.2) is 65.8 Å². The van der Waals surface area contributed by atoms with Crippen molar-refractivity contribution in [2.24, 2.45) is 51.8 Å². The number of carboxylic acid groups (broad SMARTS) is 1. The van der Waals surface area contributed by atoms with Crippen LogP contribution in [0.1, 0.15) is 85.0 Å². The molecule has 6 nitrogen and oxygen atoms in total. The minimum absolute atomic E-state index is 0.0664. The first-order chi connectivity index (χ1) is 18.3. The third-order valence-electron chi connectivity index (χ3n) is 12.6. The van der Waals surface area contributed by atoms with Gasteiger partial charge in [-0.15, -0.1) is 0 Å². The monoisotopic (exact) mass is 527 g/mol. The second-order valence-electron chi connectivity index (χ2n) is 14.3.